The third-order valence-electron chi connectivity index (χ3n) is 5.77. The predicted octanol–water partition coefficient (Wildman–Crippen LogP) is 5.40. The van der Waals surface area contributed by atoms with E-state index in [-0.39, 0.29) is 12.3 Å². The molecule has 3 aromatic rings. The molecule has 0 bridgehead atoms. The summed E-state index contributed by atoms with van der Waals surface area (Å²) in [6, 6.07) is 14.4. The van der Waals surface area contributed by atoms with Crippen LogP contribution in [0.4, 0.5) is 0 Å². The SMILES string of the molecule is CCCCn1cc(CCCOc2ccc3c(c2)OCC3CC(=O)O)c2ccccc21. The number of rotatable bonds is 10. The molecule has 5 heteroatoms. The molecule has 1 aliphatic heterocycles. The summed E-state index contributed by atoms with van der Waals surface area (Å²) >= 11 is 0. The first-order valence-corrected chi connectivity index (χ1v) is 10.8. The van der Waals surface area contributed by atoms with Gasteiger partial charge in [-0.15, -0.1) is 0 Å². The summed E-state index contributed by atoms with van der Waals surface area (Å²) in [5, 5.41) is 10.4. The number of ether oxygens (including phenoxy) is 2. The quantitative estimate of drug-likeness (QED) is 0.457. The van der Waals surface area contributed by atoms with Crippen LogP contribution in [-0.2, 0) is 17.8 Å². The lowest BCUT2D eigenvalue weighted by atomic mass is 9.98. The summed E-state index contributed by atoms with van der Waals surface area (Å²) in [6.45, 7) is 4.34. The molecule has 0 amide bonds. The molecule has 1 atom stereocenters. The number of aliphatic carboxylic acids is 1. The van der Waals surface area contributed by atoms with Crippen molar-refractivity contribution in [2.45, 2.75) is 51.5 Å². The van der Waals surface area contributed by atoms with E-state index in [0.717, 1.165) is 36.4 Å². The minimum atomic E-state index is -0.798. The fraction of sp³-hybridized carbons (Fsp3) is 0.400. The van der Waals surface area contributed by atoms with Crippen LogP contribution in [0.5, 0.6) is 11.5 Å². The van der Waals surface area contributed by atoms with Crippen LogP contribution < -0.4 is 9.47 Å². The van der Waals surface area contributed by atoms with Gasteiger partial charge in [0.25, 0.3) is 0 Å². The summed E-state index contributed by atoms with van der Waals surface area (Å²) in [4.78, 5) is 11.0. The number of carboxylic acid groups (broad SMARTS) is 1. The molecular weight excluding hydrogens is 378 g/mol. The molecule has 2 aromatic carbocycles. The Labute approximate surface area is 177 Å². The van der Waals surface area contributed by atoms with Crippen molar-refractivity contribution in [3.8, 4) is 11.5 Å². The Morgan fingerprint density at radius 1 is 1.23 bits per heavy atom. The van der Waals surface area contributed by atoms with Gasteiger partial charge >= 0.3 is 5.97 Å². The van der Waals surface area contributed by atoms with E-state index in [1.165, 1.54) is 29.3 Å². The summed E-state index contributed by atoms with van der Waals surface area (Å²) in [6.07, 6.45) is 6.68. The van der Waals surface area contributed by atoms with Gasteiger partial charge in [-0.3, -0.25) is 4.79 Å². The number of hydrogen-bond acceptors (Lipinski definition) is 3. The van der Waals surface area contributed by atoms with E-state index in [9.17, 15) is 4.79 Å². The van der Waals surface area contributed by atoms with E-state index in [0.29, 0.717) is 13.2 Å². The van der Waals surface area contributed by atoms with Crippen molar-refractivity contribution in [1.29, 1.82) is 0 Å². The van der Waals surface area contributed by atoms with E-state index in [2.05, 4.69) is 42.0 Å². The lowest BCUT2D eigenvalue weighted by Crippen LogP contribution is -2.07. The van der Waals surface area contributed by atoms with Crippen molar-refractivity contribution in [3.05, 3.63) is 59.8 Å². The Balaban J connectivity index is 1.34. The minimum absolute atomic E-state index is 0.0726. The van der Waals surface area contributed by atoms with Crippen LogP contribution in [-0.4, -0.2) is 28.9 Å². The van der Waals surface area contributed by atoms with Crippen molar-refractivity contribution in [1.82, 2.24) is 4.57 Å². The highest BCUT2D eigenvalue weighted by atomic mass is 16.5. The van der Waals surface area contributed by atoms with E-state index in [1.807, 2.05) is 18.2 Å². The molecule has 0 saturated carbocycles. The van der Waals surface area contributed by atoms with Gasteiger partial charge in [0, 0.05) is 41.2 Å². The monoisotopic (exact) mass is 407 g/mol. The molecule has 1 N–H and O–H groups in total. The zero-order chi connectivity index (χ0) is 20.9. The fourth-order valence-corrected chi connectivity index (χ4v) is 4.21. The molecule has 158 valence electrons. The number of unbranched alkanes of at least 4 members (excludes halogenated alkanes) is 1. The van der Waals surface area contributed by atoms with E-state index in [1.54, 1.807) is 0 Å². The third-order valence-corrected chi connectivity index (χ3v) is 5.77. The number of carbonyl (C=O) groups is 1. The Morgan fingerprint density at radius 3 is 2.93 bits per heavy atom. The van der Waals surface area contributed by atoms with Crippen LogP contribution in [0.2, 0.25) is 0 Å². The molecule has 1 aliphatic rings. The maximum atomic E-state index is 11.0. The molecule has 0 saturated heterocycles. The molecule has 1 aromatic heterocycles. The summed E-state index contributed by atoms with van der Waals surface area (Å²) in [5.74, 6) is 0.650. The van der Waals surface area contributed by atoms with Gasteiger partial charge in [-0.1, -0.05) is 37.6 Å². The predicted molar refractivity (Wildman–Crippen MR) is 118 cm³/mol. The molecule has 0 aliphatic carbocycles. The molecule has 0 spiro atoms. The summed E-state index contributed by atoms with van der Waals surface area (Å²) in [5.41, 5.74) is 3.65. The van der Waals surface area contributed by atoms with Crippen LogP contribution in [0.3, 0.4) is 0 Å². The van der Waals surface area contributed by atoms with E-state index in [4.69, 9.17) is 14.6 Å². The van der Waals surface area contributed by atoms with Gasteiger partial charge in [0.15, 0.2) is 0 Å². The van der Waals surface area contributed by atoms with Gasteiger partial charge in [0.05, 0.1) is 19.6 Å². The van der Waals surface area contributed by atoms with Crippen LogP contribution in [0.25, 0.3) is 10.9 Å². The zero-order valence-electron chi connectivity index (χ0n) is 17.5. The van der Waals surface area contributed by atoms with Crippen molar-refractivity contribution in [2.75, 3.05) is 13.2 Å². The Morgan fingerprint density at radius 2 is 2.10 bits per heavy atom. The molecular formula is C25H29NO4. The van der Waals surface area contributed by atoms with Gasteiger partial charge in [0.2, 0.25) is 0 Å². The molecule has 5 nitrogen and oxygen atoms in total. The van der Waals surface area contributed by atoms with Gasteiger partial charge < -0.3 is 19.1 Å². The number of nitrogens with zero attached hydrogens (tertiary/aromatic N) is 1. The fourth-order valence-electron chi connectivity index (χ4n) is 4.21. The second-order valence-corrected chi connectivity index (χ2v) is 7.98. The molecule has 4 rings (SSSR count). The maximum Gasteiger partial charge on any atom is 0.304 e. The average molecular weight is 408 g/mol. The topological polar surface area (TPSA) is 60.7 Å². The number of para-hydroxylation sites is 1. The highest BCUT2D eigenvalue weighted by molar-refractivity contribution is 5.84. The second kappa shape index (κ2) is 9.24. The van der Waals surface area contributed by atoms with Gasteiger partial charge in [-0.2, -0.15) is 0 Å². The van der Waals surface area contributed by atoms with E-state index < -0.39 is 5.97 Å². The number of aromatic nitrogens is 1. The first-order valence-electron chi connectivity index (χ1n) is 10.8. The summed E-state index contributed by atoms with van der Waals surface area (Å²) < 4.78 is 14.0. The largest absolute Gasteiger partial charge is 0.493 e. The first-order chi connectivity index (χ1) is 14.7. The molecule has 2 heterocycles. The van der Waals surface area contributed by atoms with Gasteiger partial charge in [-0.05, 0) is 37.0 Å². The standard InChI is InChI=1S/C25H29NO4/c1-2-3-12-26-16-18(21-8-4-5-9-23(21)26)7-6-13-29-20-10-11-22-19(14-25(27)28)17-30-24(22)15-20/h4-5,8-11,15-16,19H,2-3,6-7,12-14,17H2,1H3,(H,27,28). The number of carboxylic acids is 1. The van der Waals surface area contributed by atoms with Crippen molar-refractivity contribution >= 4 is 16.9 Å². The zero-order valence-corrected chi connectivity index (χ0v) is 17.5. The number of benzene rings is 2. The van der Waals surface area contributed by atoms with Crippen molar-refractivity contribution < 1.29 is 19.4 Å². The molecule has 0 fully saturated rings. The van der Waals surface area contributed by atoms with Crippen LogP contribution in [0.1, 0.15) is 49.7 Å². The van der Waals surface area contributed by atoms with Gasteiger partial charge in [0.1, 0.15) is 11.5 Å². The molecule has 1 unspecified atom stereocenters. The average Bonchev–Trinajstić information content (AvgIpc) is 3.30. The first kappa shape index (κ1) is 20.3. The Hall–Kier alpha value is -2.95. The van der Waals surface area contributed by atoms with Crippen molar-refractivity contribution in [3.63, 3.8) is 0 Å². The lowest BCUT2D eigenvalue weighted by Gasteiger charge is -2.08. The van der Waals surface area contributed by atoms with Crippen LogP contribution in [0.15, 0.2) is 48.7 Å². The Kier molecular flexibility index (Phi) is 6.26. The van der Waals surface area contributed by atoms with Crippen molar-refractivity contribution in [2.24, 2.45) is 0 Å². The van der Waals surface area contributed by atoms with Crippen LogP contribution in [0, 0.1) is 0 Å². The lowest BCUT2D eigenvalue weighted by molar-refractivity contribution is -0.137. The summed E-state index contributed by atoms with van der Waals surface area (Å²) in [7, 11) is 0. The van der Waals surface area contributed by atoms with Gasteiger partial charge in [-0.25, -0.2) is 0 Å². The number of fused-ring (bicyclic) bond motifs is 2. The minimum Gasteiger partial charge on any atom is -0.493 e. The Bertz CT molecular complexity index is 1020. The normalized spacial score (nSPS) is 15.2. The van der Waals surface area contributed by atoms with E-state index >= 15 is 0 Å². The molecule has 0 radical (unpaired) electrons. The smallest absolute Gasteiger partial charge is 0.304 e. The number of hydrogen-bond donors (Lipinski definition) is 1. The highest BCUT2D eigenvalue weighted by Crippen LogP contribution is 2.38. The second-order valence-electron chi connectivity index (χ2n) is 7.98. The maximum absolute atomic E-state index is 11.0. The van der Waals surface area contributed by atoms with Crippen LogP contribution >= 0.6 is 0 Å². The molecule has 30 heavy (non-hydrogen) atoms. The highest BCUT2D eigenvalue weighted by Gasteiger charge is 2.26. The number of aryl methyl sites for hydroxylation is 2. The third kappa shape index (κ3) is 4.45.